The number of hydrogen-bond donors (Lipinski definition) is 0. The van der Waals surface area contributed by atoms with E-state index in [9.17, 15) is 9.59 Å². The van der Waals surface area contributed by atoms with Gasteiger partial charge in [0.15, 0.2) is 0 Å². The molecule has 0 N–H and O–H groups in total. The minimum absolute atomic E-state index is 0.0700. The van der Waals surface area contributed by atoms with Gasteiger partial charge in [0, 0.05) is 5.75 Å². The van der Waals surface area contributed by atoms with Crippen LogP contribution < -0.4 is 0 Å². The second-order valence-corrected chi connectivity index (χ2v) is 5.85. The van der Waals surface area contributed by atoms with Crippen LogP contribution in [0.15, 0.2) is 42.9 Å². The Morgan fingerprint density at radius 3 is 2.70 bits per heavy atom. The summed E-state index contributed by atoms with van der Waals surface area (Å²) >= 11 is 1.02. The van der Waals surface area contributed by atoms with Gasteiger partial charge in [-0.15, -0.1) is 0 Å². The van der Waals surface area contributed by atoms with Gasteiger partial charge in [-0.05, 0) is 24.2 Å². The molecule has 0 aliphatic rings. The first-order valence-corrected chi connectivity index (χ1v) is 8.15. The fourth-order valence-corrected chi connectivity index (χ4v) is 2.40. The number of thioether (sulfide) groups is 1. The first-order chi connectivity index (χ1) is 11.1. The van der Waals surface area contributed by atoms with Crippen LogP contribution in [0.1, 0.15) is 35.9 Å². The predicted octanol–water partition coefficient (Wildman–Crippen LogP) is 3.50. The molecule has 0 aliphatic carbocycles. The van der Waals surface area contributed by atoms with Crippen molar-refractivity contribution in [2.24, 2.45) is 0 Å². The van der Waals surface area contributed by atoms with Crippen molar-refractivity contribution in [3.8, 4) is 0 Å². The van der Waals surface area contributed by atoms with E-state index in [0.29, 0.717) is 11.4 Å². The van der Waals surface area contributed by atoms with Crippen LogP contribution >= 0.6 is 11.8 Å². The van der Waals surface area contributed by atoms with Gasteiger partial charge in [0.05, 0.1) is 18.6 Å². The smallest absolute Gasteiger partial charge is 0.370 e. The van der Waals surface area contributed by atoms with Crippen LogP contribution in [0, 0.1) is 0 Å². The fourth-order valence-electron chi connectivity index (χ4n) is 2.03. The van der Waals surface area contributed by atoms with Crippen LogP contribution in [0.4, 0.5) is 4.79 Å². The molecule has 0 fully saturated rings. The Bertz CT molecular complexity index is 657. The zero-order valence-corrected chi connectivity index (χ0v) is 13.8. The molecule has 1 heterocycles. The van der Waals surface area contributed by atoms with Crippen LogP contribution in [0.3, 0.4) is 0 Å². The summed E-state index contributed by atoms with van der Waals surface area (Å²) < 4.78 is 11.5. The molecule has 1 atom stereocenters. The summed E-state index contributed by atoms with van der Waals surface area (Å²) in [5, 5.41) is -0.466. The van der Waals surface area contributed by atoms with Gasteiger partial charge in [0.1, 0.15) is 5.69 Å². The SMILES string of the molecule is CCSC(=O)OCOC(=O)c1cncn1[C@H](C)c1ccccc1. The average molecular weight is 334 g/mol. The van der Waals surface area contributed by atoms with Crippen molar-refractivity contribution in [2.75, 3.05) is 12.5 Å². The van der Waals surface area contributed by atoms with Gasteiger partial charge in [0.25, 0.3) is 0 Å². The minimum Gasteiger partial charge on any atom is -0.423 e. The zero-order valence-electron chi connectivity index (χ0n) is 13.0. The van der Waals surface area contributed by atoms with Crippen molar-refractivity contribution in [1.29, 1.82) is 0 Å². The summed E-state index contributed by atoms with van der Waals surface area (Å²) in [6, 6.07) is 9.69. The maximum atomic E-state index is 12.1. The maximum Gasteiger partial charge on any atom is 0.370 e. The number of imidazole rings is 1. The van der Waals surface area contributed by atoms with Gasteiger partial charge in [-0.1, -0.05) is 37.3 Å². The Morgan fingerprint density at radius 2 is 2.00 bits per heavy atom. The Balaban J connectivity index is 2.00. The monoisotopic (exact) mass is 334 g/mol. The van der Waals surface area contributed by atoms with Crippen LogP contribution in [-0.4, -0.2) is 33.4 Å². The molecule has 0 aliphatic heterocycles. The predicted molar refractivity (Wildman–Crippen MR) is 87.4 cm³/mol. The van der Waals surface area contributed by atoms with Crippen molar-refractivity contribution in [3.05, 3.63) is 54.1 Å². The molecule has 6 nitrogen and oxygen atoms in total. The van der Waals surface area contributed by atoms with Crippen molar-refractivity contribution < 1.29 is 19.1 Å². The highest BCUT2D eigenvalue weighted by atomic mass is 32.2. The lowest BCUT2D eigenvalue weighted by atomic mass is 10.1. The van der Waals surface area contributed by atoms with E-state index in [1.54, 1.807) is 10.9 Å². The van der Waals surface area contributed by atoms with Crippen molar-refractivity contribution >= 4 is 23.0 Å². The van der Waals surface area contributed by atoms with Gasteiger partial charge in [-0.2, -0.15) is 0 Å². The first-order valence-electron chi connectivity index (χ1n) is 7.17. The molecule has 0 radical (unpaired) electrons. The largest absolute Gasteiger partial charge is 0.423 e. The highest BCUT2D eigenvalue weighted by Gasteiger charge is 2.18. The van der Waals surface area contributed by atoms with E-state index < -0.39 is 18.1 Å². The molecule has 1 aromatic carbocycles. The van der Waals surface area contributed by atoms with Crippen LogP contribution in [0.5, 0.6) is 0 Å². The molecule has 7 heteroatoms. The molecule has 0 spiro atoms. The molecule has 0 amide bonds. The standard InChI is InChI=1S/C16H18N2O4S/c1-3-23-16(20)22-11-21-15(19)14-9-17-10-18(14)12(2)13-7-5-4-6-8-13/h4-10,12H,3,11H2,1-2H3/t12-/m1/s1. The lowest BCUT2D eigenvalue weighted by Gasteiger charge is -2.16. The molecule has 2 aromatic rings. The molecule has 0 unspecified atom stereocenters. The minimum atomic E-state index is -0.584. The summed E-state index contributed by atoms with van der Waals surface area (Å²) in [4.78, 5) is 27.3. The van der Waals surface area contributed by atoms with Gasteiger partial charge in [-0.3, -0.25) is 0 Å². The number of carbonyl (C=O) groups is 2. The normalized spacial score (nSPS) is 11.7. The second kappa shape index (κ2) is 8.38. The number of nitrogens with zero attached hydrogens (tertiary/aromatic N) is 2. The lowest BCUT2D eigenvalue weighted by molar-refractivity contribution is 0.00302. The summed E-state index contributed by atoms with van der Waals surface area (Å²) in [6.07, 6.45) is 3.01. The van der Waals surface area contributed by atoms with Gasteiger partial charge >= 0.3 is 11.3 Å². The molecule has 0 saturated heterocycles. The van der Waals surface area contributed by atoms with Crippen molar-refractivity contribution in [1.82, 2.24) is 9.55 Å². The number of rotatable bonds is 6. The lowest BCUT2D eigenvalue weighted by Crippen LogP contribution is -2.17. The topological polar surface area (TPSA) is 70.4 Å². The molecular formula is C16H18N2O4S. The highest BCUT2D eigenvalue weighted by molar-refractivity contribution is 8.13. The first kappa shape index (κ1) is 17.1. The highest BCUT2D eigenvalue weighted by Crippen LogP contribution is 2.19. The number of ether oxygens (including phenoxy) is 2. The number of benzene rings is 1. The number of carbonyl (C=O) groups excluding carboxylic acids is 2. The Kier molecular flexibility index (Phi) is 6.22. The Labute approximate surface area is 138 Å². The maximum absolute atomic E-state index is 12.1. The van der Waals surface area contributed by atoms with Crippen LogP contribution in [0.2, 0.25) is 0 Å². The molecule has 0 saturated carbocycles. The third kappa shape index (κ3) is 4.59. The van der Waals surface area contributed by atoms with Crippen molar-refractivity contribution in [3.63, 3.8) is 0 Å². The molecule has 1 aromatic heterocycles. The molecule has 122 valence electrons. The number of aromatic nitrogens is 2. The molecule has 2 rings (SSSR count). The summed E-state index contributed by atoms with van der Waals surface area (Å²) in [6.45, 7) is 3.39. The summed E-state index contributed by atoms with van der Waals surface area (Å²) in [5.41, 5.74) is 1.35. The molecule has 23 heavy (non-hydrogen) atoms. The second-order valence-electron chi connectivity index (χ2n) is 4.65. The Morgan fingerprint density at radius 1 is 1.26 bits per heavy atom. The van der Waals surface area contributed by atoms with E-state index in [1.807, 2.05) is 44.2 Å². The Hall–Kier alpha value is -2.28. The van der Waals surface area contributed by atoms with E-state index in [2.05, 4.69) is 4.98 Å². The van der Waals surface area contributed by atoms with E-state index in [1.165, 1.54) is 6.20 Å². The quantitative estimate of drug-likeness (QED) is 0.595. The average Bonchev–Trinajstić information content (AvgIpc) is 3.05. The fraction of sp³-hybridized carbons (Fsp3) is 0.312. The number of esters is 1. The van der Waals surface area contributed by atoms with Gasteiger partial charge in [-0.25, -0.2) is 14.6 Å². The summed E-state index contributed by atoms with van der Waals surface area (Å²) in [7, 11) is 0. The zero-order chi connectivity index (χ0) is 16.7. The number of hydrogen-bond acceptors (Lipinski definition) is 6. The molecule has 0 bridgehead atoms. The van der Waals surface area contributed by atoms with Gasteiger partial charge < -0.3 is 14.0 Å². The van der Waals surface area contributed by atoms with Crippen LogP contribution in [0.25, 0.3) is 0 Å². The third-order valence-corrected chi connectivity index (χ3v) is 3.85. The van der Waals surface area contributed by atoms with Gasteiger partial charge in [0.2, 0.25) is 6.79 Å². The van der Waals surface area contributed by atoms with E-state index >= 15 is 0 Å². The van der Waals surface area contributed by atoms with Crippen molar-refractivity contribution in [2.45, 2.75) is 19.9 Å². The molecular weight excluding hydrogens is 316 g/mol. The van der Waals surface area contributed by atoms with E-state index in [0.717, 1.165) is 17.3 Å². The van der Waals surface area contributed by atoms with E-state index in [4.69, 9.17) is 9.47 Å². The van der Waals surface area contributed by atoms with E-state index in [-0.39, 0.29) is 6.04 Å². The van der Waals surface area contributed by atoms with Crippen LogP contribution in [-0.2, 0) is 9.47 Å². The summed E-state index contributed by atoms with van der Waals surface area (Å²) in [5.74, 6) is 0.0216. The third-order valence-electron chi connectivity index (χ3n) is 3.20.